The van der Waals surface area contributed by atoms with Gasteiger partial charge in [0.25, 0.3) is 0 Å². The molecule has 0 amide bonds. The SMILES string of the molecule is Cc1ncnc2c1ccn2C1OCC(C(O)c2ccc(P)cc2)O1. The van der Waals surface area contributed by atoms with Crippen LogP contribution in [0.25, 0.3) is 11.0 Å². The standard InChI is InChI=1S/C17H18N3O3P/c1-10-13-6-7-20(16(13)19-9-18-10)17-22-8-14(23-17)15(21)11-2-4-12(24)5-3-11/h2-7,9,14-15,17,21H,8,24H2,1H3. The summed E-state index contributed by atoms with van der Waals surface area (Å²) in [7, 11) is 2.63. The average molecular weight is 343 g/mol. The van der Waals surface area contributed by atoms with Gasteiger partial charge in [0.15, 0.2) is 0 Å². The number of benzene rings is 1. The Bertz CT molecular complexity index is 865. The maximum absolute atomic E-state index is 10.5. The molecule has 1 aliphatic rings. The van der Waals surface area contributed by atoms with Crippen LogP contribution in [0.2, 0.25) is 0 Å². The van der Waals surface area contributed by atoms with Gasteiger partial charge in [-0.25, -0.2) is 9.97 Å². The molecule has 0 saturated carbocycles. The molecule has 124 valence electrons. The highest BCUT2D eigenvalue weighted by Crippen LogP contribution is 2.31. The van der Waals surface area contributed by atoms with Gasteiger partial charge in [0, 0.05) is 11.6 Å². The van der Waals surface area contributed by atoms with Gasteiger partial charge in [0.05, 0.1) is 12.3 Å². The van der Waals surface area contributed by atoms with Gasteiger partial charge in [-0.15, -0.1) is 9.24 Å². The van der Waals surface area contributed by atoms with E-state index < -0.39 is 18.6 Å². The van der Waals surface area contributed by atoms with Crippen molar-refractivity contribution in [1.29, 1.82) is 0 Å². The molecule has 1 aliphatic heterocycles. The van der Waals surface area contributed by atoms with Crippen molar-refractivity contribution in [2.24, 2.45) is 0 Å². The number of ether oxygens (including phenoxy) is 2. The zero-order valence-electron chi connectivity index (χ0n) is 13.2. The zero-order chi connectivity index (χ0) is 16.7. The Morgan fingerprint density at radius 1 is 1.25 bits per heavy atom. The lowest BCUT2D eigenvalue weighted by Gasteiger charge is -2.18. The van der Waals surface area contributed by atoms with Crippen molar-refractivity contribution in [1.82, 2.24) is 14.5 Å². The maximum atomic E-state index is 10.5. The number of hydrogen-bond donors (Lipinski definition) is 1. The first-order valence-corrected chi connectivity index (χ1v) is 8.30. The molecule has 2 aromatic heterocycles. The predicted molar refractivity (Wildman–Crippen MR) is 92.9 cm³/mol. The summed E-state index contributed by atoms with van der Waals surface area (Å²) in [5.41, 5.74) is 2.48. The number of aliphatic hydroxyl groups is 1. The molecular formula is C17H18N3O3P. The first-order chi connectivity index (χ1) is 11.6. The van der Waals surface area contributed by atoms with E-state index >= 15 is 0 Å². The quantitative estimate of drug-likeness (QED) is 0.735. The van der Waals surface area contributed by atoms with Crippen LogP contribution in [0.5, 0.6) is 0 Å². The topological polar surface area (TPSA) is 69.4 Å². The van der Waals surface area contributed by atoms with E-state index in [0.717, 1.165) is 27.6 Å². The lowest BCUT2D eigenvalue weighted by Crippen LogP contribution is -2.21. The van der Waals surface area contributed by atoms with Crippen molar-refractivity contribution in [3.8, 4) is 0 Å². The second-order valence-corrected chi connectivity index (χ2v) is 6.51. The van der Waals surface area contributed by atoms with Crippen molar-refractivity contribution in [2.75, 3.05) is 6.61 Å². The van der Waals surface area contributed by atoms with Gasteiger partial charge in [0.2, 0.25) is 6.41 Å². The predicted octanol–water partition coefficient (Wildman–Crippen LogP) is 1.85. The number of aliphatic hydroxyl groups excluding tert-OH is 1. The van der Waals surface area contributed by atoms with Crippen LogP contribution in [0.1, 0.15) is 23.8 Å². The lowest BCUT2D eigenvalue weighted by molar-refractivity contribution is -0.127. The van der Waals surface area contributed by atoms with Crippen molar-refractivity contribution >= 4 is 25.6 Å². The lowest BCUT2D eigenvalue weighted by atomic mass is 10.1. The van der Waals surface area contributed by atoms with Crippen LogP contribution in [0, 0.1) is 6.92 Å². The van der Waals surface area contributed by atoms with Crippen LogP contribution in [0.3, 0.4) is 0 Å². The van der Waals surface area contributed by atoms with E-state index in [-0.39, 0.29) is 0 Å². The van der Waals surface area contributed by atoms with Crippen LogP contribution >= 0.6 is 9.24 Å². The number of aryl methyl sites for hydroxylation is 1. The van der Waals surface area contributed by atoms with E-state index in [1.165, 1.54) is 6.33 Å². The summed E-state index contributed by atoms with van der Waals surface area (Å²) in [5.74, 6) is 0. The minimum absolute atomic E-state index is 0.318. The molecule has 1 fully saturated rings. The molecule has 0 spiro atoms. The molecular weight excluding hydrogens is 325 g/mol. The fraction of sp³-hybridized carbons (Fsp3) is 0.294. The van der Waals surface area contributed by atoms with Gasteiger partial charge in [-0.1, -0.05) is 24.3 Å². The summed E-state index contributed by atoms with van der Waals surface area (Å²) in [4.78, 5) is 8.50. The molecule has 0 radical (unpaired) electrons. The summed E-state index contributed by atoms with van der Waals surface area (Å²) < 4.78 is 13.5. The van der Waals surface area contributed by atoms with Crippen LogP contribution in [0.15, 0.2) is 42.9 Å². The van der Waals surface area contributed by atoms with E-state index in [0.29, 0.717) is 6.61 Å². The van der Waals surface area contributed by atoms with Crippen molar-refractivity contribution in [3.63, 3.8) is 0 Å². The minimum Gasteiger partial charge on any atom is -0.386 e. The van der Waals surface area contributed by atoms with E-state index in [2.05, 4.69) is 19.2 Å². The number of rotatable bonds is 3. The van der Waals surface area contributed by atoms with E-state index in [9.17, 15) is 5.11 Å². The highest BCUT2D eigenvalue weighted by atomic mass is 31.0. The van der Waals surface area contributed by atoms with Gasteiger partial charge < -0.3 is 14.6 Å². The Balaban J connectivity index is 1.55. The molecule has 1 aromatic carbocycles. The third-order valence-electron chi connectivity index (χ3n) is 4.26. The summed E-state index contributed by atoms with van der Waals surface area (Å²) in [6, 6.07) is 9.61. The summed E-state index contributed by atoms with van der Waals surface area (Å²) in [6.45, 7) is 2.26. The molecule has 7 heteroatoms. The zero-order valence-corrected chi connectivity index (χ0v) is 14.3. The molecule has 1 saturated heterocycles. The van der Waals surface area contributed by atoms with Gasteiger partial charge in [-0.3, -0.25) is 4.57 Å². The number of fused-ring (bicyclic) bond motifs is 1. The molecule has 3 heterocycles. The van der Waals surface area contributed by atoms with E-state index in [1.807, 2.05) is 48.0 Å². The second kappa shape index (κ2) is 6.22. The highest BCUT2D eigenvalue weighted by molar-refractivity contribution is 7.27. The van der Waals surface area contributed by atoms with E-state index in [1.54, 1.807) is 0 Å². The van der Waals surface area contributed by atoms with Gasteiger partial charge >= 0.3 is 0 Å². The fourth-order valence-corrected chi connectivity index (χ4v) is 3.08. The first-order valence-electron chi connectivity index (χ1n) is 7.72. The molecule has 3 aromatic rings. The summed E-state index contributed by atoms with van der Waals surface area (Å²) >= 11 is 0. The molecule has 0 aliphatic carbocycles. The number of hydrogen-bond acceptors (Lipinski definition) is 5. The van der Waals surface area contributed by atoms with E-state index in [4.69, 9.17) is 9.47 Å². The maximum Gasteiger partial charge on any atom is 0.246 e. The Morgan fingerprint density at radius 3 is 2.83 bits per heavy atom. The van der Waals surface area contributed by atoms with Crippen LogP contribution < -0.4 is 5.30 Å². The van der Waals surface area contributed by atoms with Gasteiger partial charge in [-0.05, 0) is 23.9 Å². The molecule has 0 bridgehead atoms. The average Bonchev–Trinajstić information content (AvgIpc) is 3.22. The number of nitrogens with zero attached hydrogens (tertiary/aromatic N) is 3. The summed E-state index contributed by atoms with van der Waals surface area (Å²) in [5, 5.41) is 12.6. The molecule has 4 unspecified atom stereocenters. The minimum atomic E-state index is -0.737. The second-order valence-electron chi connectivity index (χ2n) is 5.85. The highest BCUT2D eigenvalue weighted by Gasteiger charge is 2.34. The Labute approximate surface area is 141 Å². The first kappa shape index (κ1) is 15.7. The normalized spacial score (nSPS) is 22.1. The monoisotopic (exact) mass is 343 g/mol. The fourth-order valence-electron chi connectivity index (χ4n) is 2.89. The Morgan fingerprint density at radius 2 is 2.04 bits per heavy atom. The molecule has 6 nitrogen and oxygen atoms in total. The Kier molecular flexibility index (Phi) is 4.06. The van der Waals surface area contributed by atoms with Crippen LogP contribution in [-0.4, -0.2) is 32.4 Å². The molecule has 24 heavy (non-hydrogen) atoms. The van der Waals surface area contributed by atoms with Crippen molar-refractivity contribution in [2.45, 2.75) is 25.5 Å². The molecule has 4 atom stereocenters. The van der Waals surface area contributed by atoms with Crippen molar-refractivity contribution in [3.05, 3.63) is 54.1 Å². The van der Waals surface area contributed by atoms with Crippen molar-refractivity contribution < 1.29 is 14.6 Å². The Hall–Kier alpha value is -1.85. The smallest absolute Gasteiger partial charge is 0.246 e. The van der Waals surface area contributed by atoms with Gasteiger partial charge in [-0.2, -0.15) is 0 Å². The number of aromatic nitrogens is 3. The summed E-state index contributed by atoms with van der Waals surface area (Å²) in [6.07, 6.45) is 1.64. The molecule has 1 N–H and O–H groups in total. The van der Waals surface area contributed by atoms with Gasteiger partial charge in [0.1, 0.15) is 24.2 Å². The largest absolute Gasteiger partial charge is 0.386 e. The third kappa shape index (κ3) is 2.72. The third-order valence-corrected chi connectivity index (χ3v) is 4.64. The van der Waals surface area contributed by atoms with Crippen LogP contribution in [0.4, 0.5) is 0 Å². The van der Waals surface area contributed by atoms with Crippen LogP contribution in [-0.2, 0) is 9.47 Å². The molecule has 4 rings (SSSR count).